The number of imidazole rings is 1. The Bertz CT molecular complexity index is 469. The molecule has 0 spiro atoms. The molecule has 0 aromatic carbocycles. The van der Waals surface area contributed by atoms with Crippen molar-refractivity contribution in [3.8, 4) is 0 Å². The van der Waals surface area contributed by atoms with Gasteiger partial charge in [0.2, 0.25) is 5.91 Å². The first-order chi connectivity index (χ1) is 9.84. The van der Waals surface area contributed by atoms with E-state index >= 15 is 0 Å². The number of carbonyl (C=O) groups excluding carboxylic acids is 1. The summed E-state index contributed by atoms with van der Waals surface area (Å²) < 4.78 is 1.92. The lowest BCUT2D eigenvalue weighted by molar-refractivity contribution is -0.157. The number of nitrogens with zero attached hydrogens (tertiary/aromatic N) is 3. The highest BCUT2D eigenvalue weighted by atomic mass is 16.4. The summed E-state index contributed by atoms with van der Waals surface area (Å²) in [6, 6.07) is 0.0173. The number of carboxylic acids is 1. The van der Waals surface area contributed by atoms with Gasteiger partial charge in [-0.2, -0.15) is 0 Å². The lowest BCUT2D eigenvalue weighted by atomic mass is 10.0. The predicted molar refractivity (Wildman–Crippen MR) is 79.9 cm³/mol. The minimum absolute atomic E-state index is 0.0173. The Labute approximate surface area is 125 Å². The van der Waals surface area contributed by atoms with E-state index in [1.807, 2.05) is 10.8 Å². The van der Waals surface area contributed by atoms with Gasteiger partial charge in [-0.1, -0.05) is 13.3 Å². The molecule has 0 saturated carbocycles. The van der Waals surface area contributed by atoms with E-state index in [-0.39, 0.29) is 18.4 Å². The van der Waals surface area contributed by atoms with Gasteiger partial charge in [0, 0.05) is 31.4 Å². The van der Waals surface area contributed by atoms with Crippen LogP contribution in [-0.2, 0) is 9.59 Å². The van der Waals surface area contributed by atoms with E-state index in [1.54, 1.807) is 33.3 Å². The van der Waals surface area contributed by atoms with Crippen LogP contribution in [0.25, 0.3) is 0 Å². The Hall–Kier alpha value is -1.85. The predicted octanol–water partition coefficient (Wildman–Crippen LogP) is 2.33. The Balaban J connectivity index is 2.87. The zero-order chi connectivity index (χ0) is 16.0. The second-order valence-electron chi connectivity index (χ2n) is 5.66. The number of carbonyl (C=O) groups is 2. The second-order valence-corrected chi connectivity index (χ2v) is 5.66. The molecule has 1 aromatic rings. The summed E-state index contributed by atoms with van der Waals surface area (Å²) in [6.45, 7) is 7.36. The van der Waals surface area contributed by atoms with Crippen LogP contribution in [0.5, 0.6) is 0 Å². The van der Waals surface area contributed by atoms with Crippen molar-refractivity contribution in [1.29, 1.82) is 0 Å². The SMILES string of the molecule is CCCC(CC(=O)N(CC)C(C)(C)C(=O)O)n1ccnc1. The van der Waals surface area contributed by atoms with Crippen molar-refractivity contribution in [3.05, 3.63) is 18.7 Å². The Morgan fingerprint density at radius 1 is 1.38 bits per heavy atom. The molecule has 118 valence electrons. The standard InChI is InChI=1S/C15H25N3O3/c1-5-7-12(17-9-8-16-11-17)10-13(19)18(6-2)15(3,4)14(20)21/h8-9,11-12H,5-7,10H2,1-4H3,(H,20,21). The fourth-order valence-electron chi connectivity index (χ4n) is 2.49. The molecule has 6 nitrogen and oxygen atoms in total. The summed E-state index contributed by atoms with van der Waals surface area (Å²) in [5.41, 5.74) is -1.20. The van der Waals surface area contributed by atoms with E-state index in [0.29, 0.717) is 6.54 Å². The van der Waals surface area contributed by atoms with Gasteiger partial charge in [-0.05, 0) is 27.2 Å². The quantitative estimate of drug-likeness (QED) is 0.798. The van der Waals surface area contributed by atoms with Crippen LogP contribution in [0.4, 0.5) is 0 Å². The van der Waals surface area contributed by atoms with Crippen molar-refractivity contribution < 1.29 is 14.7 Å². The molecule has 0 saturated heterocycles. The van der Waals surface area contributed by atoms with Crippen LogP contribution in [0.15, 0.2) is 18.7 Å². The summed E-state index contributed by atoms with van der Waals surface area (Å²) in [4.78, 5) is 29.3. The van der Waals surface area contributed by atoms with Gasteiger partial charge >= 0.3 is 5.97 Å². The first-order valence-electron chi connectivity index (χ1n) is 7.35. The van der Waals surface area contributed by atoms with E-state index in [9.17, 15) is 14.7 Å². The van der Waals surface area contributed by atoms with Gasteiger partial charge in [0.25, 0.3) is 0 Å². The number of hydrogen-bond donors (Lipinski definition) is 1. The third-order valence-electron chi connectivity index (χ3n) is 3.79. The molecular weight excluding hydrogens is 270 g/mol. The van der Waals surface area contributed by atoms with Crippen LogP contribution in [0, 0.1) is 0 Å². The van der Waals surface area contributed by atoms with Crippen LogP contribution in [0.3, 0.4) is 0 Å². The molecule has 1 N–H and O–H groups in total. The monoisotopic (exact) mass is 295 g/mol. The fourth-order valence-corrected chi connectivity index (χ4v) is 2.49. The topological polar surface area (TPSA) is 75.4 Å². The summed E-state index contributed by atoms with van der Waals surface area (Å²) in [5, 5.41) is 9.30. The van der Waals surface area contributed by atoms with Gasteiger partial charge in [0.1, 0.15) is 5.54 Å². The Morgan fingerprint density at radius 2 is 2.05 bits per heavy atom. The summed E-state index contributed by atoms with van der Waals surface area (Å²) in [6.07, 6.45) is 7.32. The van der Waals surface area contributed by atoms with Crippen molar-refractivity contribution in [2.24, 2.45) is 0 Å². The number of aliphatic carboxylic acids is 1. The highest BCUT2D eigenvalue weighted by Crippen LogP contribution is 2.23. The van der Waals surface area contributed by atoms with Crippen LogP contribution >= 0.6 is 0 Å². The zero-order valence-corrected chi connectivity index (χ0v) is 13.2. The van der Waals surface area contributed by atoms with E-state index in [0.717, 1.165) is 12.8 Å². The van der Waals surface area contributed by atoms with Crippen LogP contribution in [0.2, 0.25) is 0 Å². The molecule has 21 heavy (non-hydrogen) atoms. The maximum atomic E-state index is 12.5. The third kappa shape index (κ3) is 4.06. The van der Waals surface area contributed by atoms with Crippen molar-refractivity contribution in [1.82, 2.24) is 14.5 Å². The highest BCUT2D eigenvalue weighted by Gasteiger charge is 2.37. The fraction of sp³-hybridized carbons (Fsp3) is 0.667. The normalized spacial score (nSPS) is 13.0. The van der Waals surface area contributed by atoms with Crippen LogP contribution in [-0.4, -0.2) is 43.5 Å². The summed E-state index contributed by atoms with van der Waals surface area (Å²) in [7, 11) is 0. The van der Waals surface area contributed by atoms with E-state index < -0.39 is 11.5 Å². The first-order valence-corrected chi connectivity index (χ1v) is 7.35. The Morgan fingerprint density at radius 3 is 2.48 bits per heavy atom. The van der Waals surface area contributed by atoms with Gasteiger partial charge in [-0.25, -0.2) is 9.78 Å². The maximum Gasteiger partial charge on any atom is 0.329 e. The molecule has 0 aliphatic carbocycles. The number of hydrogen-bond acceptors (Lipinski definition) is 3. The molecule has 0 radical (unpaired) electrons. The molecule has 0 aliphatic rings. The molecular formula is C15H25N3O3. The molecule has 1 rings (SSSR count). The molecule has 0 fully saturated rings. The van der Waals surface area contributed by atoms with Crippen LogP contribution < -0.4 is 0 Å². The molecule has 1 heterocycles. The largest absolute Gasteiger partial charge is 0.480 e. The maximum absolute atomic E-state index is 12.5. The van der Waals surface area contributed by atoms with E-state index in [4.69, 9.17) is 0 Å². The van der Waals surface area contributed by atoms with Gasteiger partial charge in [-0.15, -0.1) is 0 Å². The van der Waals surface area contributed by atoms with E-state index in [2.05, 4.69) is 11.9 Å². The summed E-state index contributed by atoms with van der Waals surface area (Å²) >= 11 is 0. The molecule has 0 bridgehead atoms. The molecule has 0 aliphatic heterocycles. The lowest BCUT2D eigenvalue weighted by Gasteiger charge is -2.35. The number of likely N-dealkylation sites (N-methyl/N-ethyl adjacent to an activating group) is 1. The van der Waals surface area contributed by atoms with Gasteiger partial charge in [0.05, 0.1) is 6.33 Å². The second kappa shape index (κ2) is 7.24. The lowest BCUT2D eigenvalue weighted by Crippen LogP contribution is -2.53. The van der Waals surface area contributed by atoms with Crippen molar-refractivity contribution in [2.75, 3.05) is 6.54 Å². The average molecular weight is 295 g/mol. The minimum Gasteiger partial charge on any atom is -0.480 e. The van der Waals surface area contributed by atoms with E-state index in [1.165, 1.54) is 4.90 Å². The van der Waals surface area contributed by atoms with Crippen molar-refractivity contribution in [2.45, 2.75) is 58.5 Å². The first kappa shape index (κ1) is 17.2. The number of carboxylic acid groups (broad SMARTS) is 1. The number of rotatable bonds is 8. The highest BCUT2D eigenvalue weighted by molar-refractivity contribution is 5.86. The number of amides is 1. The van der Waals surface area contributed by atoms with Gasteiger partial charge in [-0.3, -0.25) is 4.79 Å². The van der Waals surface area contributed by atoms with Crippen molar-refractivity contribution in [3.63, 3.8) is 0 Å². The minimum atomic E-state index is -1.20. The van der Waals surface area contributed by atoms with Crippen LogP contribution in [0.1, 0.15) is 53.0 Å². The summed E-state index contributed by atoms with van der Waals surface area (Å²) in [5.74, 6) is -1.13. The van der Waals surface area contributed by atoms with Gasteiger partial charge < -0.3 is 14.6 Å². The zero-order valence-electron chi connectivity index (χ0n) is 13.2. The van der Waals surface area contributed by atoms with Crippen molar-refractivity contribution >= 4 is 11.9 Å². The molecule has 1 unspecified atom stereocenters. The molecule has 1 aromatic heterocycles. The number of aromatic nitrogens is 2. The van der Waals surface area contributed by atoms with Gasteiger partial charge in [0.15, 0.2) is 0 Å². The molecule has 1 atom stereocenters. The smallest absolute Gasteiger partial charge is 0.329 e. The molecule has 6 heteroatoms. The molecule has 1 amide bonds. The average Bonchev–Trinajstić information content (AvgIpc) is 2.92. The Kier molecular flexibility index (Phi) is 5.93. The third-order valence-corrected chi connectivity index (χ3v) is 3.79.